The minimum Gasteiger partial charge on any atom is -0.494 e. The second-order valence-electron chi connectivity index (χ2n) is 3.97. The van der Waals surface area contributed by atoms with E-state index in [2.05, 4.69) is 5.32 Å². The van der Waals surface area contributed by atoms with Gasteiger partial charge in [0.2, 0.25) is 5.91 Å². The molecule has 0 atom stereocenters. The molecule has 0 spiro atoms. The minimum atomic E-state index is -0.335. The molecule has 0 radical (unpaired) electrons. The lowest BCUT2D eigenvalue weighted by Crippen LogP contribution is -2.34. The Morgan fingerprint density at radius 2 is 2.05 bits per heavy atom. The minimum absolute atomic E-state index is 0.0137. The number of nitrogens with zero attached hydrogens (tertiary/aromatic N) is 3. The van der Waals surface area contributed by atoms with Crippen LogP contribution in [0.25, 0.3) is 0 Å². The Kier molecular flexibility index (Phi) is 5.82. The van der Waals surface area contributed by atoms with Crippen LogP contribution in [0.3, 0.4) is 0 Å². The van der Waals surface area contributed by atoms with Gasteiger partial charge >= 0.3 is 0 Å². The fourth-order valence-electron chi connectivity index (χ4n) is 1.57. The highest BCUT2D eigenvalue weighted by atomic mass is 16.5. The number of nitrogens with two attached hydrogens (primary N) is 1. The smallest absolute Gasteiger partial charge is 0.238 e. The molecule has 0 fully saturated rings. The van der Waals surface area contributed by atoms with Crippen LogP contribution in [0.5, 0.6) is 5.75 Å². The number of amides is 1. The number of ether oxygens (including phenoxy) is 1. The van der Waals surface area contributed by atoms with Crippen LogP contribution in [-0.4, -0.2) is 37.6 Å². The predicted octanol–water partition coefficient (Wildman–Crippen LogP) is 0.565. The van der Waals surface area contributed by atoms with Gasteiger partial charge < -0.3 is 15.8 Å². The number of carbonyl (C=O) groups excluding carboxylic acids is 1. The summed E-state index contributed by atoms with van der Waals surface area (Å²) in [5.41, 5.74) is 6.63. The zero-order valence-electron chi connectivity index (χ0n) is 11.1. The van der Waals surface area contributed by atoms with Crippen molar-refractivity contribution in [2.75, 3.05) is 37.8 Å². The third-order valence-corrected chi connectivity index (χ3v) is 2.46. The first kappa shape index (κ1) is 15.3. The van der Waals surface area contributed by atoms with Crippen molar-refractivity contribution in [3.8, 4) is 17.9 Å². The van der Waals surface area contributed by atoms with Crippen LogP contribution in [0, 0.1) is 22.7 Å². The lowest BCUT2D eigenvalue weighted by Gasteiger charge is -2.16. The molecular weight excluding hydrogens is 258 g/mol. The summed E-state index contributed by atoms with van der Waals surface area (Å²) in [5, 5.41) is 19.9. The molecule has 20 heavy (non-hydrogen) atoms. The second-order valence-corrected chi connectivity index (χ2v) is 3.97. The fraction of sp³-hybridized carbons (Fsp3) is 0.308. The van der Waals surface area contributed by atoms with Crippen LogP contribution in [0.2, 0.25) is 0 Å². The van der Waals surface area contributed by atoms with Gasteiger partial charge in [-0.3, -0.25) is 9.69 Å². The predicted molar refractivity (Wildman–Crippen MR) is 73.7 cm³/mol. The second kappa shape index (κ2) is 7.62. The number of nitrogens with one attached hydrogen (secondary N) is 1. The zero-order chi connectivity index (χ0) is 15.0. The summed E-state index contributed by atoms with van der Waals surface area (Å²) < 4.78 is 5.11. The lowest BCUT2D eigenvalue weighted by atomic mass is 10.2. The molecule has 7 nitrogen and oxygen atoms in total. The molecule has 0 aliphatic heterocycles. The number of nitrogen functional groups attached to an aromatic ring is 1. The van der Waals surface area contributed by atoms with E-state index in [9.17, 15) is 4.79 Å². The molecule has 1 aromatic carbocycles. The van der Waals surface area contributed by atoms with Crippen molar-refractivity contribution in [3.63, 3.8) is 0 Å². The number of anilines is 2. The number of rotatable bonds is 6. The number of nitriles is 2. The summed E-state index contributed by atoms with van der Waals surface area (Å²) in [7, 11) is 1.47. The molecule has 1 aromatic rings. The van der Waals surface area contributed by atoms with Gasteiger partial charge in [-0.05, 0) is 12.1 Å². The zero-order valence-corrected chi connectivity index (χ0v) is 11.1. The lowest BCUT2D eigenvalue weighted by molar-refractivity contribution is -0.117. The molecule has 1 rings (SSSR count). The van der Waals surface area contributed by atoms with Crippen molar-refractivity contribution in [1.82, 2.24) is 4.90 Å². The van der Waals surface area contributed by atoms with Crippen LogP contribution >= 0.6 is 0 Å². The van der Waals surface area contributed by atoms with Crippen molar-refractivity contribution in [1.29, 1.82) is 10.5 Å². The maximum absolute atomic E-state index is 11.9. The van der Waals surface area contributed by atoms with Crippen LogP contribution in [0.1, 0.15) is 0 Å². The molecule has 1 amide bonds. The molecule has 0 heterocycles. The van der Waals surface area contributed by atoms with Crippen LogP contribution in [0.4, 0.5) is 11.4 Å². The van der Waals surface area contributed by atoms with Crippen molar-refractivity contribution >= 4 is 17.3 Å². The molecule has 0 aromatic heterocycles. The van der Waals surface area contributed by atoms with E-state index in [0.29, 0.717) is 17.1 Å². The maximum Gasteiger partial charge on any atom is 0.238 e. The first-order chi connectivity index (χ1) is 9.60. The molecule has 7 heteroatoms. The van der Waals surface area contributed by atoms with Crippen molar-refractivity contribution in [2.45, 2.75) is 0 Å². The molecule has 0 aliphatic carbocycles. The Labute approximate surface area is 117 Å². The number of carbonyl (C=O) groups is 1. The van der Waals surface area contributed by atoms with Crippen molar-refractivity contribution < 1.29 is 9.53 Å². The molecule has 104 valence electrons. The van der Waals surface area contributed by atoms with E-state index in [1.54, 1.807) is 18.2 Å². The molecule has 0 aliphatic rings. The topological polar surface area (TPSA) is 115 Å². The summed E-state index contributed by atoms with van der Waals surface area (Å²) in [5.74, 6) is 0.115. The van der Waals surface area contributed by atoms with Crippen LogP contribution < -0.4 is 15.8 Å². The van der Waals surface area contributed by atoms with Crippen molar-refractivity contribution in [2.24, 2.45) is 0 Å². The highest BCUT2D eigenvalue weighted by Crippen LogP contribution is 2.26. The normalized spacial score (nSPS) is 9.60. The molecular formula is C13H15N5O2. The average molecular weight is 273 g/mol. The van der Waals surface area contributed by atoms with E-state index in [1.165, 1.54) is 12.0 Å². The van der Waals surface area contributed by atoms with E-state index < -0.39 is 0 Å². The Morgan fingerprint density at radius 3 is 2.60 bits per heavy atom. The SMILES string of the molecule is COc1cc(N)ccc1NC(=O)CN(CC#N)CC#N. The van der Waals surface area contributed by atoms with E-state index in [4.69, 9.17) is 21.0 Å². The van der Waals surface area contributed by atoms with Gasteiger partial charge in [-0.1, -0.05) is 0 Å². The first-order valence-corrected chi connectivity index (χ1v) is 5.80. The Morgan fingerprint density at radius 1 is 1.40 bits per heavy atom. The van der Waals surface area contributed by atoms with Gasteiger partial charge in [0.05, 0.1) is 44.6 Å². The standard InChI is InChI=1S/C13H15N5O2/c1-20-12-8-10(16)2-3-11(12)17-13(19)9-18(6-4-14)7-5-15/h2-3,8H,6-7,9,16H2,1H3,(H,17,19). The summed E-state index contributed by atoms with van der Waals surface area (Å²) in [6, 6.07) is 8.68. The quantitative estimate of drug-likeness (QED) is 0.578. The summed E-state index contributed by atoms with van der Waals surface area (Å²) in [4.78, 5) is 13.3. The number of hydrogen-bond donors (Lipinski definition) is 2. The molecule has 0 saturated carbocycles. The van der Waals surface area contributed by atoms with Gasteiger partial charge in [0.25, 0.3) is 0 Å². The highest BCUT2D eigenvalue weighted by Gasteiger charge is 2.12. The summed E-state index contributed by atoms with van der Waals surface area (Å²) in [6.45, 7) is -0.0195. The van der Waals surface area contributed by atoms with E-state index in [0.717, 1.165) is 0 Å². The molecule has 0 bridgehead atoms. The van der Waals surface area contributed by atoms with Gasteiger partial charge in [0.15, 0.2) is 0 Å². The highest BCUT2D eigenvalue weighted by molar-refractivity contribution is 5.94. The van der Waals surface area contributed by atoms with E-state index in [-0.39, 0.29) is 25.5 Å². The van der Waals surface area contributed by atoms with Crippen LogP contribution in [0.15, 0.2) is 18.2 Å². The largest absolute Gasteiger partial charge is 0.494 e. The monoisotopic (exact) mass is 273 g/mol. The van der Waals surface area contributed by atoms with Gasteiger partial charge in [-0.25, -0.2) is 0 Å². The Bertz CT molecular complexity index is 543. The Hall–Kier alpha value is -2.77. The fourth-order valence-corrected chi connectivity index (χ4v) is 1.57. The summed E-state index contributed by atoms with van der Waals surface area (Å²) >= 11 is 0. The number of methoxy groups -OCH3 is 1. The molecule has 0 unspecified atom stereocenters. The van der Waals surface area contributed by atoms with Gasteiger partial charge in [-0.15, -0.1) is 0 Å². The first-order valence-electron chi connectivity index (χ1n) is 5.80. The van der Waals surface area contributed by atoms with E-state index >= 15 is 0 Å². The van der Waals surface area contributed by atoms with E-state index in [1.807, 2.05) is 12.1 Å². The number of benzene rings is 1. The van der Waals surface area contributed by atoms with Crippen LogP contribution in [-0.2, 0) is 4.79 Å². The van der Waals surface area contributed by atoms with Gasteiger partial charge in [0, 0.05) is 11.8 Å². The van der Waals surface area contributed by atoms with Gasteiger partial charge in [0.1, 0.15) is 5.75 Å². The third kappa shape index (κ3) is 4.48. The van der Waals surface area contributed by atoms with Gasteiger partial charge in [-0.2, -0.15) is 10.5 Å². The molecule has 3 N–H and O–H groups in total. The number of hydrogen-bond acceptors (Lipinski definition) is 6. The Balaban J connectivity index is 2.71. The third-order valence-electron chi connectivity index (χ3n) is 2.46. The average Bonchev–Trinajstić information content (AvgIpc) is 2.41. The molecule has 0 saturated heterocycles. The summed E-state index contributed by atoms with van der Waals surface area (Å²) in [6.07, 6.45) is 0. The maximum atomic E-state index is 11.9. The van der Waals surface area contributed by atoms with Crippen molar-refractivity contribution in [3.05, 3.63) is 18.2 Å².